The Balaban J connectivity index is 1.32. The molecule has 3 aliphatic rings. The van der Waals surface area contributed by atoms with Crippen LogP contribution in [0.4, 0.5) is 4.79 Å². The van der Waals surface area contributed by atoms with E-state index in [4.69, 9.17) is 0 Å². The lowest BCUT2D eigenvalue weighted by molar-refractivity contribution is -0.139. The molecule has 1 aromatic carbocycles. The van der Waals surface area contributed by atoms with Gasteiger partial charge in [-0.25, -0.2) is 4.79 Å². The maximum Gasteiger partial charge on any atom is 0.318 e. The number of fused-ring (bicyclic) bond motifs is 1. The zero-order valence-electron chi connectivity index (χ0n) is 14.9. The van der Waals surface area contributed by atoms with Crippen molar-refractivity contribution in [1.82, 2.24) is 15.1 Å². The third-order valence-corrected chi connectivity index (χ3v) is 6.12. The number of nitrogens with zero attached hydrogens (tertiary/aromatic N) is 2. The number of hydrogen-bond acceptors (Lipinski definition) is 2. The van der Waals surface area contributed by atoms with Gasteiger partial charge in [-0.05, 0) is 36.3 Å². The molecule has 5 heteroatoms. The Morgan fingerprint density at radius 3 is 2.28 bits per heavy atom. The Morgan fingerprint density at radius 2 is 1.64 bits per heavy atom. The van der Waals surface area contributed by atoms with Crippen LogP contribution in [-0.2, 0) is 4.79 Å². The standard InChI is InChI=1S/C20H27N3O2/c1-14-13-18(17-8-3-2-7-16(14)17)21-20(25)23-11-9-22(10-12-23)19(24)15-5-4-6-15/h2-3,7-8,14-15,18H,4-6,9-13H2,1H3,(H,21,25). The Hall–Kier alpha value is -2.04. The summed E-state index contributed by atoms with van der Waals surface area (Å²) in [6.07, 6.45) is 4.23. The maximum atomic E-state index is 12.7. The highest BCUT2D eigenvalue weighted by atomic mass is 16.2. The summed E-state index contributed by atoms with van der Waals surface area (Å²) in [6, 6.07) is 8.51. The van der Waals surface area contributed by atoms with Crippen LogP contribution in [0.5, 0.6) is 0 Å². The highest BCUT2D eigenvalue weighted by molar-refractivity contribution is 5.80. The lowest BCUT2D eigenvalue weighted by Crippen LogP contribution is -2.54. The van der Waals surface area contributed by atoms with Gasteiger partial charge in [0.25, 0.3) is 0 Å². The van der Waals surface area contributed by atoms with E-state index in [9.17, 15) is 9.59 Å². The second kappa shape index (κ2) is 6.70. The summed E-state index contributed by atoms with van der Waals surface area (Å²) in [6.45, 7) is 4.82. The van der Waals surface area contributed by atoms with Crippen LogP contribution < -0.4 is 5.32 Å². The van der Waals surface area contributed by atoms with Crippen LogP contribution in [0.2, 0.25) is 0 Å². The molecule has 3 amide bonds. The number of urea groups is 1. The van der Waals surface area contributed by atoms with Gasteiger partial charge in [-0.1, -0.05) is 37.6 Å². The van der Waals surface area contributed by atoms with Gasteiger partial charge in [0, 0.05) is 32.1 Å². The van der Waals surface area contributed by atoms with Crippen LogP contribution >= 0.6 is 0 Å². The Morgan fingerprint density at radius 1 is 1.00 bits per heavy atom. The van der Waals surface area contributed by atoms with Gasteiger partial charge < -0.3 is 15.1 Å². The predicted molar refractivity (Wildman–Crippen MR) is 96.2 cm³/mol. The minimum atomic E-state index is 0.00430. The molecule has 25 heavy (non-hydrogen) atoms. The summed E-state index contributed by atoms with van der Waals surface area (Å²) < 4.78 is 0. The fraction of sp³-hybridized carbons (Fsp3) is 0.600. The third-order valence-electron chi connectivity index (χ3n) is 6.12. The van der Waals surface area contributed by atoms with Gasteiger partial charge in [0.2, 0.25) is 5.91 Å². The number of nitrogens with one attached hydrogen (secondary N) is 1. The van der Waals surface area contributed by atoms with E-state index in [1.807, 2.05) is 15.9 Å². The molecule has 134 valence electrons. The smallest absolute Gasteiger partial charge is 0.318 e. The van der Waals surface area contributed by atoms with Crippen LogP contribution in [0.25, 0.3) is 0 Å². The number of carbonyl (C=O) groups is 2. The Kier molecular flexibility index (Phi) is 4.40. The molecule has 1 aliphatic heterocycles. The minimum absolute atomic E-state index is 0.00430. The molecule has 1 aromatic rings. The summed E-state index contributed by atoms with van der Waals surface area (Å²) in [5.74, 6) is 1.03. The van der Waals surface area contributed by atoms with Crippen molar-refractivity contribution in [3.63, 3.8) is 0 Å². The van der Waals surface area contributed by atoms with Gasteiger partial charge in [0.15, 0.2) is 0 Å². The second-order valence-corrected chi connectivity index (χ2v) is 7.71. The molecule has 1 saturated heterocycles. The van der Waals surface area contributed by atoms with E-state index in [0.717, 1.165) is 19.3 Å². The summed E-state index contributed by atoms with van der Waals surface area (Å²) in [4.78, 5) is 28.8. The molecule has 1 saturated carbocycles. The zero-order valence-corrected chi connectivity index (χ0v) is 14.9. The Labute approximate surface area is 149 Å². The average Bonchev–Trinajstić information content (AvgIpc) is 2.90. The summed E-state index contributed by atoms with van der Waals surface area (Å²) in [5.41, 5.74) is 2.60. The zero-order chi connectivity index (χ0) is 17.4. The van der Waals surface area contributed by atoms with Crippen LogP contribution in [0.15, 0.2) is 24.3 Å². The van der Waals surface area contributed by atoms with E-state index in [-0.39, 0.29) is 18.0 Å². The highest BCUT2D eigenvalue weighted by Gasteiger charge is 2.33. The third kappa shape index (κ3) is 3.12. The van der Waals surface area contributed by atoms with E-state index in [2.05, 4.69) is 30.4 Å². The molecule has 2 unspecified atom stereocenters. The fourth-order valence-electron chi connectivity index (χ4n) is 4.30. The quantitative estimate of drug-likeness (QED) is 0.899. The van der Waals surface area contributed by atoms with Crippen molar-refractivity contribution in [2.45, 2.75) is 44.6 Å². The second-order valence-electron chi connectivity index (χ2n) is 7.71. The van der Waals surface area contributed by atoms with Gasteiger partial charge in [0.05, 0.1) is 6.04 Å². The molecule has 2 aliphatic carbocycles. The molecule has 0 aromatic heterocycles. The van der Waals surface area contributed by atoms with Crippen LogP contribution in [0, 0.1) is 5.92 Å². The number of rotatable bonds is 2. The van der Waals surface area contributed by atoms with E-state index in [0.29, 0.717) is 38.0 Å². The molecule has 5 nitrogen and oxygen atoms in total. The molecular weight excluding hydrogens is 314 g/mol. The number of piperazine rings is 1. The van der Waals surface area contributed by atoms with E-state index in [1.165, 1.54) is 17.5 Å². The minimum Gasteiger partial charge on any atom is -0.339 e. The normalized spacial score (nSPS) is 26.1. The van der Waals surface area contributed by atoms with Crippen LogP contribution in [0.1, 0.15) is 55.7 Å². The molecule has 4 rings (SSSR count). The number of hydrogen-bond donors (Lipinski definition) is 1. The molecule has 2 fully saturated rings. The van der Waals surface area contributed by atoms with Crippen molar-refractivity contribution in [2.24, 2.45) is 5.92 Å². The summed E-state index contributed by atoms with van der Waals surface area (Å²) >= 11 is 0. The highest BCUT2D eigenvalue weighted by Crippen LogP contribution is 2.39. The largest absolute Gasteiger partial charge is 0.339 e. The summed E-state index contributed by atoms with van der Waals surface area (Å²) in [7, 11) is 0. The van der Waals surface area contributed by atoms with Gasteiger partial charge in [-0.15, -0.1) is 0 Å². The maximum absolute atomic E-state index is 12.7. The van der Waals surface area contributed by atoms with Gasteiger partial charge in [-0.3, -0.25) is 4.79 Å². The van der Waals surface area contributed by atoms with Crippen LogP contribution in [0.3, 0.4) is 0 Å². The number of benzene rings is 1. The predicted octanol–water partition coefficient (Wildman–Crippen LogP) is 2.89. The van der Waals surface area contributed by atoms with Crippen LogP contribution in [-0.4, -0.2) is 47.9 Å². The first kappa shape index (κ1) is 16.4. The molecule has 0 radical (unpaired) electrons. The molecule has 2 atom stereocenters. The monoisotopic (exact) mass is 341 g/mol. The van der Waals surface area contributed by atoms with Crippen molar-refractivity contribution in [1.29, 1.82) is 0 Å². The van der Waals surface area contributed by atoms with Crippen molar-refractivity contribution in [3.8, 4) is 0 Å². The number of carbonyl (C=O) groups excluding carboxylic acids is 2. The lowest BCUT2D eigenvalue weighted by Gasteiger charge is -2.38. The number of amides is 3. The molecule has 1 heterocycles. The SMILES string of the molecule is CC1CC(NC(=O)N2CCN(C(=O)C3CCC3)CC2)c2ccccc21. The van der Waals surface area contributed by atoms with E-state index < -0.39 is 0 Å². The molecule has 1 N–H and O–H groups in total. The fourth-order valence-corrected chi connectivity index (χ4v) is 4.30. The van der Waals surface area contributed by atoms with Gasteiger partial charge >= 0.3 is 6.03 Å². The first-order valence-electron chi connectivity index (χ1n) is 9.56. The molecule has 0 bridgehead atoms. The molecule has 0 spiro atoms. The molecular formula is C20H27N3O2. The van der Waals surface area contributed by atoms with Crippen molar-refractivity contribution < 1.29 is 9.59 Å². The topological polar surface area (TPSA) is 52.7 Å². The Bertz CT molecular complexity index is 663. The van der Waals surface area contributed by atoms with Crippen molar-refractivity contribution in [3.05, 3.63) is 35.4 Å². The first-order valence-corrected chi connectivity index (χ1v) is 9.56. The lowest BCUT2D eigenvalue weighted by atomic mass is 9.84. The van der Waals surface area contributed by atoms with Gasteiger partial charge in [-0.2, -0.15) is 0 Å². The first-order chi connectivity index (χ1) is 12.1. The van der Waals surface area contributed by atoms with E-state index >= 15 is 0 Å². The summed E-state index contributed by atoms with van der Waals surface area (Å²) in [5, 5.41) is 3.21. The van der Waals surface area contributed by atoms with E-state index in [1.54, 1.807) is 0 Å². The van der Waals surface area contributed by atoms with Crippen molar-refractivity contribution in [2.75, 3.05) is 26.2 Å². The van der Waals surface area contributed by atoms with Gasteiger partial charge in [0.1, 0.15) is 0 Å². The van der Waals surface area contributed by atoms with Crippen molar-refractivity contribution >= 4 is 11.9 Å². The average molecular weight is 341 g/mol.